The van der Waals surface area contributed by atoms with E-state index in [2.05, 4.69) is 29.5 Å². The summed E-state index contributed by atoms with van der Waals surface area (Å²) in [5, 5.41) is 11.5. The van der Waals surface area contributed by atoms with Crippen LogP contribution in [-0.4, -0.2) is 46.6 Å². The molecule has 4 aromatic rings. The highest BCUT2D eigenvalue weighted by Crippen LogP contribution is 2.37. The number of fused-ring (bicyclic) bond motifs is 2. The molecule has 5 rings (SSSR count). The summed E-state index contributed by atoms with van der Waals surface area (Å²) >= 11 is 0. The van der Waals surface area contributed by atoms with Gasteiger partial charge in [-0.25, -0.2) is 4.68 Å². The fourth-order valence-corrected chi connectivity index (χ4v) is 4.60. The highest BCUT2D eigenvalue weighted by Gasteiger charge is 2.34. The van der Waals surface area contributed by atoms with Crippen LogP contribution in [0.2, 0.25) is 0 Å². The molecule has 0 unspecified atom stereocenters. The first kappa shape index (κ1) is 26.2. The van der Waals surface area contributed by atoms with Crippen LogP contribution in [0, 0.1) is 12.8 Å². The van der Waals surface area contributed by atoms with Crippen LogP contribution in [0.4, 0.5) is 5.69 Å². The van der Waals surface area contributed by atoms with Crippen LogP contribution < -0.4 is 19.7 Å². The number of amides is 2. The normalized spacial score (nSPS) is 13.3. The summed E-state index contributed by atoms with van der Waals surface area (Å²) in [4.78, 5) is 29.5. The Kier molecular flexibility index (Phi) is 7.76. The zero-order valence-electron chi connectivity index (χ0n) is 22.5. The number of aromatic nitrogens is 3. The van der Waals surface area contributed by atoms with E-state index in [9.17, 15) is 9.59 Å². The number of nitrogens with zero attached hydrogens (tertiary/aromatic N) is 4. The molecular formula is C30H33N5O4. The Labute approximate surface area is 227 Å². The highest BCUT2D eigenvalue weighted by molar-refractivity contribution is 6.01. The third kappa shape index (κ3) is 5.87. The van der Waals surface area contributed by atoms with Gasteiger partial charge in [-0.1, -0.05) is 61.0 Å². The van der Waals surface area contributed by atoms with Crippen LogP contribution in [0.25, 0.3) is 11.0 Å². The summed E-state index contributed by atoms with van der Waals surface area (Å²) in [6.45, 7) is 7.48. The first-order valence-electron chi connectivity index (χ1n) is 13.2. The number of carbonyl (C=O) groups is 2. The number of rotatable bonds is 9. The average molecular weight is 528 g/mol. The molecule has 0 spiro atoms. The smallest absolute Gasteiger partial charge is 0.249 e. The Bertz CT molecular complexity index is 1460. The molecular weight excluding hydrogens is 494 g/mol. The molecule has 1 N–H and O–H groups in total. The van der Waals surface area contributed by atoms with E-state index in [-0.39, 0.29) is 18.4 Å². The zero-order valence-corrected chi connectivity index (χ0v) is 22.5. The standard InChI is InChI=1S/C30H33N5O4/c1-20(2)14-15-31-30(37)29(22-10-8-21(3)9-11-22)35(23-12-13-26-27(18-23)39-17-16-38-26)28(36)19-34-25-7-5-4-6-24(25)32-33-34/h4-13,18,20,29H,14-17,19H2,1-3H3,(H,31,37)/t29-/m0/s1. The molecule has 1 aliphatic rings. The molecule has 39 heavy (non-hydrogen) atoms. The molecule has 9 heteroatoms. The molecule has 1 atom stereocenters. The largest absolute Gasteiger partial charge is 0.486 e. The van der Waals surface area contributed by atoms with E-state index >= 15 is 0 Å². The molecule has 3 aromatic carbocycles. The number of benzene rings is 3. The summed E-state index contributed by atoms with van der Waals surface area (Å²) in [5.41, 5.74) is 3.72. The fraction of sp³-hybridized carbons (Fsp3) is 0.333. The Morgan fingerprint density at radius 3 is 2.51 bits per heavy atom. The molecule has 0 saturated carbocycles. The third-order valence-electron chi connectivity index (χ3n) is 6.70. The van der Waals surface area contributed by atoms with Gasteiger partial charge in [0.2, 0.25) is 11.8 Å². The number of aryl methyl sites for hydroxylation is 1. The quantitative estimate of drug-likeness (QED) is 0.345. The molecule has 1 aliphatic heterocycles. The molecule has 0 saturated heterocycles. The molecule has 202 valence electrons. The second kappa shape index (κ2) is 11.6. The maximum Gasteiger partial charge on any atom is 0.249 e. The molecule has 0 aliphatic carbocycles. The average Bonchev–Trinajstić information content (AvgIpc) is 3.34. The lowest BCUT2D eigenvalue weighted by Gasteiger charge is -2.32. The molecule has 0 bridgehead atoms. The zero-order chi connectivity index (χ0) is 27.4. The van der Waals surface area contributed by atoms with Crippen molar-refractivity contribution >= 4 is 28.5 Å². The SMILES string of the molecule is Cc1ccc([C@@H](C(=O)NCCC(C)C)N(C(=O)Cn2nnc3ccccc32)c2ccc3c(c2)OCCO3)cc1. The van der Waals surface area contributed by atoms with Gasteiger partial charge in [0.15, 0.2) is 11.5 Å². The van der Waals surface area contributed by atoms with Crippen LogP contribution in [0.15, 0.2) is 66.7 Å². The van der Waals surface area contributed by atoms with E-state index in [0.29, 0.717) is 53.9 Å². The topological polar surface area (TPSA) is 98.6 Å². The summed E-state index contributed by atoms with van der Waals surface area (Å²) in [6, 6.07) is 19.6. The van der Waals surface area contributed by atoms with Gasteiger partial charge in [-0.2, -0.15) is 0 Å². The maximum absolute atomic E-state index is 14.2. The lowest BCUT2D eigenvalue weighted by atomic mass is 10.0. The minimum Gasteiger partial charge on any atom is -0.486 e. The molecule has 2 heterocycles. The Hall–Kier alpha value is -4.40. The van der Waals surface area contributed by atoms with E-state index in [1.54, 1.807) is 22.9 Å². The summed E-state index contributed by atoms with van der Waals surface area (Å²) in [6.07, 6.45) is 0.829. The van der Waals surface area contributed by atoms with E-state index in [0.717, 1.165) is 17.5 Å². The van der Waals surface area contributed by atoms with Gasteiger partial charge < -0.3 is 14.8 Å². The van der Waals surface area contributed by atoms with E-state index in [1.807, 2.05) is 55.5 Å². The van der Waals surface area contributed by atoms with Crippen molar-refractivity contribution in [1.29, 1.82) is 0 Å². The first-order chi connectivity index (χ1) is 18.9. The maximum atomic E-state index is 14.2. The van der Waals surface area contributed by atoms with Gasteiger partial charge in [-0.3, -0.25) is 14.5 Å². The summed E-state index contributed by atoms with van der Waals surface area (Å²) in [5.74, 6) is 0.996. The van der Waals surface area contributed by atoms with Crippen LogP contribution in [0.3, 0.4) is 0 Å². The van der Waals surface area contributed by atoms with Crippen molar-refractivity contribution < 1.29 is 19.1 Å². The highest BCUT2D eigenvalue weighted by atomic mass is 16.6. The number of para-hydroxylation sites is 1. The minimum absolute atomic E-state index is 0.101. The fourth-order valence-electron chi connectivity index (χ4n) is 4.60. The number of anilines is 1. The predicted octanol–water partition coefficient (Wildman–Crippen LogP) is 4.45. The number of hydrogen-bond donors (Lipinski definition) is 1. The van der Waals surface area contributed by atoms with Gasteiger partial charge in [0.1, 0.15) is 31.3 Å². The van der Waals surface area contributed by atoms with Crippen molar-refractivity contribution in [2.75, 3.05) is 24.7 Å². The molecule has 0 fully saturated rings. The minimum atomic E-state index is -0.914. The van der Waals surface area contributed by atoms with Crippen molar-refractivity contribution in [2.45, 2.75) is 39.8 Å². The Balaban J connectivity index is 1.57. The third-order valence-corrected chi connectivity index (χ3v) is 6.70. The second-order valence-electron chi connectivity index (χ2n) is 10.1. The van der Waals surface area contributed by atoms with Crippen molar-refractivity contribution in [3.8, 4) is 11.5 Å². The monoisotopic (exact) mass is 527 g/mol. The van der Waals surface area contributed by atoms with Crippen molar-refractivity contribution in [1.82, 2.24) is 20.3 Å². The lowest BCUT2D eigenvalue weighted by Crippen LogP contribution is -2.45. The van der Waals surface area contributed by atoms with Crippen LogP contribution in [-0.2, 0) is 16.1 Å². The first-order valence-corrected chi connectivity index (χ1v) is 13.2. The van der Waals surface area contributed by atoms with Gasteiger partial charge in [0.25, 0.3) is 0 Å². The number of nitrogens with one attached hydrogen (secondary N) is 1. The Morgan fingerprint density at radius 1 is 1.00 bits per heavy atom. The van der Waals surface area contributed by atoms with Gasteiger partial charge in [0.05, 0.1) is 5.52 Å². The predicted molar refractivity (Wildman–Crippen MR) is 149 cm³/mol. The summed E-state index contributed by atoms with van der Waals surface area (Å²) in [7, 11) is 0. The molecule has 9 nitrogen and oxygen atoms in total. The second-order valence-corrected chi connectivity index (χ2v) is 10.1. The Morgan fingerprint density at radius 2 is 1.74 bits per heavy atom. The van der Waals surface area contributed by atoms with Gasteiger partial charge >= 0.3 is 0 Å². The van der Waals surface area contributed by atoms with Gasteiger partial charge in [-0.15, -0.1) is 5.10 Å². The van der Waals surface area contributed by atoms with Gasteiger partial charge in [0, 0.05) is 18.3 Å². The van der Waals surface area contributed by atoms with Crippen molar-refractivity contribution in [3.63, 3.8) is 0 Å². The van der Waals surface area contributed by atoms with Crippen molar-refractivity contribution in [3.05, 3.63) is 77.9 Å². The van der Waals surface area contributed by atoms with Crippen molar-refractivity contribution in [2.24, 2.45) is 5.92 Å². The number of ether oxygens (including phenoxy) is 2. The van der Waals surface area contributed by atoms with E-state index < -0.39 is 6.04 Å². The lowest BCUT2D eigenvalue weighted by molar-refractivity contribution is -0.127. The number of carbonyl (C=O) groups excluding carboxylic acids is 2. The number of hydrogen-bond acceptors (Lipinski definition) is 6. The molecule has 0 radical (unpaired) electrons. The van der Waals surface area contributed by atoms with E-state index in [4.69, 9.17) is 9.47 Å². The van der Waals surface area contributed by atoms with Gasteiger partial charge in [-0.05, 0) is 49.1 Å². The molecule has 1 aromatic heterocycles. The van der Waals surface area contributed by atoms with Crippen LogP contribution in [0.5, 0.6) is 11.5 Å². The van der Waals surface area contributed by atoms with Crippen LogP contribution in [0.1, 0.15) is 37.4 Å². The summed E-state index contributed by atoms with van der Waals surface area (Å²) < 4.78 is 13.1. The van der Waals surface area contributed by atoms with Crippen LogP contribution >= 0.6 is 0 Å². The van der Waals surface area contributed by atoms with E-state index in [1.165, 1.54) is 4.90 Å². The molecule has 2 amide bonds.